The summed E-state index contributed by atoms with van der Waals surface area (Å²) < 4.78 is 0. The predicted molar refractivity (Wildman–Crippen MR) is 84.1 cm³/mol. The third-order valence-electron chi connectivity index (χ3n) is 2.79. The summed E-state index contributed by atoms with van der Waals surface area (Å²) in [5.41, 5.74) is 4.14. The normalized spacial score (nSPS) is 10.4. The van der Waals surface area contributed by atoms with Crippen LogP contribution in [0.2, 0.25) is 0 Å². The average Bonchev–Trinajstić information content (AvgIpc) is 2.54. The summed E-state index contributed by atoms with van der Waals surface area (Å²) in [6.45, 7) is 0.110. The first-order valence-corrected chi connectivity index (χ1v) is 6.59. The van der Waals surface area contributed by atoms with Crippen LogP contribution in [0, 0.1) is 0 Å². The van der Waals surface area contributed by atoms with E-state index in [1.165, 1.54) is 18.3 Å². The summed E-state index contributed by atoms with van der Waals surface area (Å²) in [5.74, 6) is -1.26. The van der Waals surface area contributed by atoms with E-state index in [2.05, 4.69) is 15.8 Å². The maximum absolute atomic E-state index is 11.6. The van der Waals surface area contributed by atoms with Gasteiger partial charge < -0.3 is 10.4 Å². The Labute approximate surface area is 127 Å². The van der Waals surface area contributed by atoms with Gasteiger partial charge in [0.05, 0.1) is 18.3 Å². The highest BCUT2D eigenvalue weighted by Crippen LogP contribution is 2.04. The highest BCUT2D eigenvalue weighted by molar-refractivity contribution is 5.89. The lowest BCUT2D eigenvalue weighted by atomic mass is 10.1. The van der Waals surface area contributed by atoms with Crippen LogP contribution in [0.25, 0.3) is 0 Å². The van der Waals surface area contributed by atoms with E-state index < -0.39 is 5.97 Å². The Morgan fingerprint density at radius 2 is 1.73 bits per heavy atom. The molecule has 0 atom stereocenters. The van der Waals surface area contributed by atoms with E-state index in [1.807, 2.05) is 30.3 Å². The molecule has 3 N–H and O–H groups in total. The van der Waals surface area contributed by atoms with Gasteiger partial charge in [0.25, 0.3) is 5.91 Å². The van der Waals surface area contributed by atoms with E-state index in [0.717, 1.165) is 5.69 Å². The van der Waals surface area contributed by atoms with Crippen LogP contribution in [0.3, 0.4) is 0 Å². The molecule has 112 valence electrons. The zero-order chi connectivity index (χ0) is 15.8. The third-order valence-corrected chi connectivity index (χ3v) is 2.79. The topological polar surface area (TPSA) is 90.8 Å². The summed E-state index contributed by atoms with van der Waals surface area (Å²) in [6.07, 6.45) is 1.45. The minimum atomic E-state index is -0.983. The average molecular weight is 297 g/mol. The molecule has 22 heavy (non-hydrogen) atoms. The van der Waals surface area contributed by atoms with Gasteiger partial charge >= 0.3 is 5.97 Å². The first-order valence-electron chi connectivity index (χ1n) is 6.59. The number of carbonyl (C=O) groups excluding carboxylic acids is 1. The Morgan fingerprint density at radius 1 is 1.05 bits per heavy atom. The molecule has 0 unspecified atom stereocenters. The maximum atomic E-state index is 11.6. The molecule has 0 aliphatic heterocycles. The lowest BCUT2D eigenvalue weighted by molar-refractivity contribution is -0.119. The van der Waals surface area contributed by atoms with Crippen molar-refractivity contribution < 1.29 is 14.7 Å². The Balaban J connectivity index is 1.79. The number of carbonyl (C=O) groups is 2. The van der Waals surface area contributed by atoms with Crippen molar-refractivity contribution in [2.75, 3.05) is 11.9 Å². The molecule has 0 saturated carbocycles. The number of anilines is 1. The zero-order valence-electron chi connectivity index (χ0n) is 11.7. The fraction of sp³-hybridized carbons (Fsp3) is 0.0625. The molecule has 6 nitrogen and oxygen atoms in total. The van der Waals surface area contributed by atoms with Gasteiger partial charge in [0.1, 0.15) is 0 Å². The smallest absolute Gasteiger partial charge is 0.335 e. The molecule has 0 aromatic heterocycles. The molecule has 2 aromatic rings. The Kier molecular flexibility index (Phi) is 5.25. The minimum Gasteiger partial charge on any atom is -0.478 e. The van der Waals surface area contributed by atoms with Gasteiger partial charge in [0.2, 0.25) is 0 Å². The number of rotatable bonds is 6. The van der Waals surface area contributed by atoms with E-state index in [4.69, 9.17) is 5.11 Å². The quantitative estimate of drug-likeness (QED) is 0.561. The number of aromatic carboxylic acids is 1. The van der Waals surface area contributed by atoms with Crippen LogP contribution in [0.5, 0.6) is 0 Å². The molecule has 0 aliphatic carbocycles. The lowest BCUT2D eigenvalue weighted by Gasteiger charge is -2.04. The highest BCUT2D eigenvalue weighted by atomic mass is 16.4. The molecule has 2 aromatic carbocycles. The number of nitrogens with zero attached hydrogens (tertiary/aromatic N) is 1. The van der Waals surface area contributed by atoms with Crippen molar-refractivity contribution in [3.8, 4) is 0 Å². The van der Waals surface area contributed by atoms with Gasteiger partial charge in [-0.25, -0.2) is 10.2 Å². The summed E-state index contributed by atoms with van der Waals surface area (Å²) in [5, 5.41) is 15.6. The number of carboxylic acids is 1. The van der Waals surface area contributed by atoms with E-state index in [-0.39, 0.29) is 18.0 Å². The van der Waals surface area contributed by atoms with Crippen LogP contribution in [0.4, 0.5) is 5.69 Å². The molecule has 0 radical (unpaired) electrons. The summed E-state index contributed by atoms with van der Waals surface area (Å²) in [4.78, 5) is 22.3. The van der Waals surface area contributed by atoms with Crippen molar-refractivity contribution in [1.82, 2.24) is 5.43 Å². The van der Waals surface area contributed by atoms with Gasteiger partial charge in [-0.05, 0) is 29.8 Å². The predicted octanol–water partition coefficient (Wildman–Crippen LogP) is 1.95. The van der Waals surface area contributed by atoms with E-state index in [9.17, 15) is 9.59 Å². The number of hydrazone groups is 1. The fourth-order valence-electron chi connectivity index (χ4n) is 1.67. The number of benzene rings is 2. The van der Waals surface area contributed by atoms with Crippen molar-refractivity contribution in [3.63, 3.8) is 0 Å². The van der Waals surface area contributed by atoms with Gasteiger partial charge in [-0.3, -0.25) is 4.79 Å². The number of amides is 1. The largest absolute Gasteiger partial charge is 0.478 e. The van der Waals surface area contributed by atoms with E-state index in [1.54, 1.807) is 12.1 Å². The van der Waals surface area contributed by atoms with E-state index in [0.29, 0.717) is 5.56 Å². The first kappa shape index (κ1) is 15.2. The van der Waals surface area contributed by atoms with Crippen molar-refractivity contribution >= 4 is 23.8 Å². The molecule has 0 spiro atoms. The summed E-state index contributed by atoms with van der Waals surface area (Å²) in [6, 6.07) is 15.5. The van der Waals surface area contributed by atoms with Crippen molar-refractivity contribution in [2.24, 2.45) is 5.10 Å². The highest BCUT2D eigenvalue weighted by Gasteiger charge is 2.01. The molecule has 2 rings (SSSR count). The molecule has 6 heteroatoms. The van der Waals surface area contributed by atoms with Gasteiger partial charge in [-0.2, -0.15) is 5.10 Å². The Bertz CT molecular complexity index is 667. The Morgan fingerprint density at radius 3 is 2.36 bits per heavy atom. The van der Waals surface area contributed by atoms with Crippen LogP contribution < -0.4 is 10.7 Å². The van der Waals surface area contributed by atoms with Gasteiger partial charge in [0, 0.05) is 5.69 Å². The molecule has 1 amide bonds. The van der Waals surface area contributed by atoms with Crippen LogP contribution >= 0.6 is 0 Å². The number of nitrogens with one attached hydrogen (secondary N) is 2. The number of hydrogen-bond acceptors (Lipinski definition) is 4. The monoisotopic (exact) mass is 297 g/mol. The van der Waals surface area contributed by atoms with Crippen molar-refractivity contribution in [2.45, 2.75) is 0 Å². The van der Waals surface area contributed by atoms with Crippen LogP contribution in [-0.4, -0.2) is 29.7 Å². The second kappa shape index (κ2) is 7.58. The maximum Gasteiger partial charge on any atom is 0.335 e. The van der Waals surface area contributed by atoms with Crippen LogP contribution in [0.15, 0.2) is 59.7 Å². The fourth-order valence-corrected chi connectivity index (χ4v) is 1.67. The number of hydrogen-bond donors (Lipinski definition) is 3. The summed E-state index contributed by atoms with van der Waals surface area (Å²) >= 11 is 0. The number of para-hydroxylation sites is 1. The molecular formula is C16H15N3O3. The molecular weight excluding hydrogens is 282 g/mol. The van der Waals surface area contributed by atoms with Gasteiger partial charge in [-0.15, -0.1) is 0 Å². The second-order valence-electron chi connectivity index (χ2n) is 4.44. The van der Waals surface area contributed by atoms with Gasteiger partial charge in [0.15, 0.2) is 0 Å². The molecule has 0 aliphatic rings. The zero-order valence-corrected chi connectivity index (χ0v) is 11.7. The molecule has 0 bridgehead atoms. The third kappa shape index (κ3) is 4.75. The Hall–Kier alpha value is -3.15. The molecule has 0 saturated heterocycles. The van der Waals surface area contributed by atoms with Crippen molar-refractivity contribution in [1.29, 1.82) is 0 Å². The van der Waals surface area contributed by atoms with E-state index >= 15 is 0 Å². The van der Waals surface area contributed by atoms with Crippen molar-refractivity contribution in [3.05, 3.63) is 65.7 Å². The van der Waals surface area contributed by atoms with Crippen LogP contribution in [-0.2, 0) is 4.79 Å². The van der Waals surface area contributed by atoms with Gasteiger partial charge in [-0.1, -0.05) is 30.3 Å². The number of carboxylic acid groups (broad SMARTS) is 1. The SMILES string of the molecule is O=C(CNc1ccccc1)N/N=C/c1ccc(C(=O)O)cc1. The second-order valence-corrected chi connectivity index (χ2v) is 4.44. The summed E-state index contributed by atoms with van der Waals surface area (Å²) in [7, 11) is 0. The minimum absolute atomic E-state index is 0.110. The first-order chi connectivity index (χ1) is 10.6. The molecule has 0 heterocycles. The lowest BCUT2D eigenvalue weighted by Crippen LogP contribution is -2.25. The van der Waals surface area contributed by atoms with Crippen LogP contribution in [0.1, 0.15) is 15.9 Å². The standard InChI is InChI=1S/C16H15N3O3/c20-15(11-17-14-4-2-1-3-5-14)19-18-10-12-6-8-13(9-7-12)16(21)22/h1-10,17H,11H2,(H,19,20)(H,21,22)/b18-10+. The molecule has 0 fully saturated rings.